The molecule has 0 radical (unpaired) electrons. The highest BCUT2D eigenvalue weighted by atomic mass is 35.5. The largest absolute Gasteiger partial charge is 0.352 e. The zero-order valence-electron chi connectivity index (χ0n) is 14.6. The Kier molecular flexibility index (Phi) is 7.07. The number of benzene rings is 1. The van der Waals surface area contributed by atoms with Gasteiger partial charge < -0.3 is 10.6 Å². The molecule has 0 aliphatic heterocycles. The minimum Gasteiger partial charge on any atom is -0.352 e. The van der Waals surface area contributed by atoms with Gasteiger partial charge >= 0.3 is 0 Å². The molecule has 0 aromatic heterocycles. The van der Waals surface area contributed by atoms with Gasteiger partial charge in [0, 0.05) is 18.7 Å². The zero-order valence-corrected chi connectivity index (χ0v) is 15.4. The first-order valence-electron chi connectivity index (χ1n) is 8.02. The van der Waals surface area contributed by atoms with Crippen LogP contribution in [0.3, 0.4) is 0 Å². The summed E-state index contributed by atoms with van der Waals surface area (Å²) in [5.41, 5.74) is 1.10. The number of nitrogens with one attached hydrogen (secondary N) is 2. The highest BCUT2D eigenvalue weighted by molar-refractivity contribution is 6.34. The molecule has 1 aromatic rings. The fourth-order valence-corrected chi connectivity index (χ4v) is 2.17. The molecular formula is C18H27ClN2O2. The van der Waals surface area contributed by atoms with Crippen molar-refractivity contribution in [3.05, 3.63) is 28.8 Å². The molecule has 1 unspecified atom stereocenters. The van der Waals surface area contributed by atoms with Gasteiger partial charge in [-0.1, -0.05) is 46.2 Å². The molecular weight excluding hydrogens is 312 g/mol. The van der Waals surface area contributed by atoms with Gasteiger partial charge in [0.15, 0.2) is 0 Å². The lowest BCUT2D eigenvalue weighted by Crippen LogP contribution is -2.25. The number of halogens is 1. The number of rotatable bonds is 6. The van der Waals surface area contributed by atoms with Crippen LogP contribution in [0.2, 0.25) is 5.02 Å². The minimum atomic E-state index is -0.198. The molecule has 0 heterocycles. The fourth-order valence-electron chi connectivity index (χ4n) is 1.91. The van der Waals surface area contributed by atoms with Crippen molar-refractivity contribution in [1.29, 1.82) is 0 Å². The topological polar surface area (TPSA) is 58.2 Å². The van der Waals surface area contributed by atoms with E-state index >= 15 is 0 Å². The average Bonchev–Trinajstić information content (AvgIpc) is 2.43. The number of anilines is 1. The van der Waals surface area contributed by atoms with E-state index in [0.717, 1.165) is 6.42 Å². The van der Waals surface area contributed by atoms with Crippen LogP contribution < -0.4 is 10.6 Å². The molecule has 0 fully saturated rings. The Morgan fingerprint density at radius 3 is 2.43 bits per heavy atom. The molecule has 1 aromatic carbocycles. The zero-order chi connectivity index (χ0) is 17.6. The molecule has 0 bridgehead atoms. The van der Waals surface area contributed by atoms with E-state index in [-0.39, 0.29) is 23.1 Å². The molecule has 128 valence electrons. The van der Waals surface area contributed by atoms with Crippen LogP contribution >= 0.6 is 11.6 Å². The molecule has 0 aliphatic rings. The maximum Gasteiger partial charge on any atom is 0.252 e. The Labute approximate surface area is 144 Å². The van der Waals surface area contributed by atoms with Crippen LogP contribution in [-0.4, -0.2) is 18.4 Å². The van der Waals surface area contributed by atoms with Crippen molar-refractivity contribution in [3.8, 4) is 0 Å². The molecule has 0 saturated carbocycles. The molecule has 23 heavy (non-hydrogen) atoms. The van der Waals surface area contributed by atoms with E-state index < -0.39 is 0 Å². The molecule has 1 atom stereocenters. The third-order valence-electron chi connectivity index (χ3n) is 4.00. The van der Waals surface area contributed by atoms with Gasteiger partial charge in [0.25, 0.3) is 5.91 Å². The molecule has 2 N–H and O–H groups in total. The van der Waals surface area contributed by atoms with Crippen molar-refractivity contribution in [1.82, 2.24) is 5.32 Å². The Hall–Kier alpha value is -1.55. The van der Waals surface area contributed by atoms with Crippen LogP contribution in [0.1, 0.15) is 57.8 Å². The van der Waals surface area contributed by atoms with Gasteiger partial charge in [-0.3, -0.25) is 9.59 Å². The van der Waals surface area contributed by atoms with E-state index in [1.54, 1.807) is 18.2 Å². The maximum absolute atomic E-state index is 12.1. The monoisotopic (exact) mass is 338 g/mol. The lowest BCUT2D eigenvalue weighted by atomic mass is 9.80. The van der Waals surface area contributed by atoms with Crippen LogP contribution in [0.15, 0.2) is 18.2 Å². The summed E-state index contributed by atoms with van der Waals surface area (Å²) in [7, 11) is 0. The van der Waals surface area contributed by atoms with Gasteiger partial charge in [-0.2, -0.15) is 0 Å². The van der Waals surface area contributed by atoms with Gasteiger partial charge in [-0.05, 0) is 36.0 Å². The highest BCUT2D eigenvalue weighted by Gasteiger charge is 2.22. The number of amides is 2. The van der Waals surface area contributed by atoms with E-state index in [2.05, 4.69) is 38.3 Å². The van der Waals surface area contributed by atoms with Gasteiger partial charge in [0.05, 0.1) is 10.6 Å². The second-order valence-electron chi connectivity index (χ2n) is 6.97. The van der Waals surface area contributed by atoms with E-state index in [9.17, 15) is 9.59 Å². The van der Waals surface area contributed by atoms with Crippen LogP contribution in [0.5, 0.6) is 0 Å². The van der Waals surface area contributed by atoms with Crippen molar-refractivity contribution < 1.29 is 9.59 Å². The summed E-state index contributed by atoms with van der Waals surface area (Å²) in [6, 6.07) is 4.95. The Morgan fingerprint density at radius 1 is 1.26 bits per heavy atom. The summed E-state index contributed by atoms with van der Waals surface area (Å²) in [5, 5.41) is 5.96. The molecule has 4 nitrogen and oxygen atoms in total. The third kappa shape index (κ3) is 6.22. The Bertz CT molecular complexity index is 565. The first-order chi connectivity index (χ1) is 10.6. The van der Waals surface area contributed by atoms with Crippen LogP contribution in [-0.2, 0) is 4.79 Å². The first kappa shape index (κ1) is 19.5. The number of carbonyl (C=O) groups excluding carboxylic acids is 2. The standard InChI is InChI=1S/C18H27ClN2O2/c1-6-9-20-17(23)14-8-7-13(11-15(14)19)21-16(22)10-12(2)18(3,4)5/h7-8,11-12H,6,9-10H2,1-5H3,(H,20,23)(H,21,22). The van der Waals surface area contributed by atoms with Crippen molar-refractivity contribution in [2.45, 2.75) is 47.5 Å². The second-order valence-corrected chi connectivity index (χ2v) is 7.38. The van der Waals surface area contributed by atoms with Crippen LogP contribution in [0, 0.1) is 11.3 Å². The normalized spacial score (nSPS) is 12.6. The summed E-state index contributed by atoms with van der Waals surface area (Å²) in [6.45, 7) is 11.0. The van der Waals surface area contributed by atoms with E-state index in [0.29, 0.717) is 29.2 Å². The summed E-state index contributed by atoms with van der Waals surface area (Å²) < 4.78 is 0. The van der Waals surface area contributed by atoms with E-state index in [1.165, 1.54) is 0 Å². The molecule has 5 heteroatoms. The van der Waals surface area contributed by atoms with Crippen LogP contribution in [0.4, 0.5) is 5.69 Å². The molecule has 2 amide bonds. The van der Waals surface area contributed by atoms with E-state index in [4.69, 9.17) is 11.6 Å². The van der Waals surface area contributed by atoms with Gasteiger partial charge in [0.1, 0.15) is 0 Å². The number of carbonyl (C=O) groups is 2. The quantitative estimate of drug-likeness (QED) is 0.802. The van der Waals surface area contributed by atoms with Gasteiger partial charge in [-0.25, -0.2) is 0 Å². The lowest BCUT2D eigenvalue weighted by Gasteiger charge is -2.26. The molecule has 0 saturated heterocycles. The summed E-state index contributed by atoms with van der Waals surface area (Å²) >= 11 is 6.15. The average molecular weight is 339 g/mol. The molecule has 0 spiro atoms. The Balaban J connectivity index is 2.71. The number of hydrogen-bond donors (Lipinski definition) is 2. The second kappa shape index (κ2) is 8.34. The predicted molar refractivity (Wildman–Crippen MR) is 95.9 cm³/mol. The number of hydrogen-bond acceptors (Lipinski definition) is 2. The first-order valence-corrected chi connectivity index (χ1v) is 8.40. The maximum atomic E-state index is 12.1. The highest BCUT2D eigenvalue weighted by Crippen LogP contribution is 2.28. The summed E-state index contributed by atoms with van der Waals surface area (Å²) in [6.07, 6.45) is 1.31. The SMILES string of the molecule is CCCNC(=O)c1ccc(NC(=O)CC(C)C(C)(C)C)cc1Cl. The van der Waals surface area contributed by atoms with Crippen LogP contribution in [0.25, 0.3) is 0 Å². The Morgan fingerprint density at radius 2 is 1.91 bits per heavy atom. The van der Waals surface area contributed by atoms with Crippen molar-refractivity contribution >= 4 is 29.1 Å². The smallest absolute Gasteiger partial charge is 0.252 e. The molecule has 1 rings (SSSR count). The minimum absolute atomic E-state index is 0.0494. The predicted octanol–water partition coefficient (Wildman–Crippen LogP) is 4.49. The van der Waals surface area contributed by atoms with Crippen molar-refractivity contribution in [2.75, 3.05) is 11.9 Å². The summed E-state index contributed by atoms with van der Waals surface area (Å²) in [5.74, 6) is 0.0137. The van der Waals surface area contributed by atoms with Gasteiger partial charge in [-0.15, -0.1) is 0 Å². The van der Waals surface area contributed by atoms with Crippen molar-refractivity contribution in [2.24, 2.45) is 11.3 Å². The third-order valence-corrected chi connectivity index (χ3v) is 4.32. The fraction of sp³-hybridized carbons (Fsp3) is 0.556. The lowest BCUT2D eigenvalue weighted by molar-refractivity contribution is -0.117. The van der Waals surface area contributed by atoms with Crippen molar-refractivity contribution in [3.63, 3.8) is 0 Å². The summed E-state index contributed by atoms with van der Waals surface area (Å²) in [4.78, 5) is 24.0. The molecule has 0 aliphatic carbocycles. The van der Waals surface area contributed by atoms with E-state index in [1.807, 2.05) is 6.92 Å². The van der Waals surface area contributed by atoms with Gasteiger partial charge in [0.2, 0.25) is 5.91 Å².